The van der Waals surface area contributed by atoms with E-state index in [9.17, 15) is 9.59 Å². The van der Waals surface area contributed by atoms with Gasteiger partial charge in [-0.15, -0.1) is 0 Å². The molecule has 0 spiro atoms. The Morgan fingerprint density at radius 3 is 2.58 bits per heavy atom. The molecule has 4 heteroatoms. The highest BCUT2D eigenvalue weighted by molar-refractivity contribution is 5.03. The van der Waals surface area contributed by atoms with E-state index in [1.54, 1.807) is 17.7 Å². The van der Waals surface area contributed by atoms with Gasteiger partial charge < -0.3 is 4.57 Å². The van der Waals surface area contributed by atoms with Crippen LogP contribution in [0, 0.1) is 12.8 Å². The zero-order chi connectivity index (χ0) is 13.8. The maximum Gasteiger partial charge on any atom is 0.330 e. The number of rotatable bonds is 7. The minimum absolute atomic E-state index is 0.110. The molecule has 1 aromatic heterocycles. The summed E-state index contributed by atoms with van der Waals surface area (Å²) < 4.78 is 3.15. The molecule has 2 rings (SSSR count). The molecule has 0 radical (unpaired) electrons. The second kappa shape index (κ2) is 6.22. The molecule has 0 saturated heterocycles. The number of nitrogens with zero attached hydrogens (tertiary/aromatic N) is 2. The van der Waals surface area contributed by atoms with Crippen molar-refractivity contribution in [2.45, 2.75) is 65.5 Å². The molecule has 0 aromatic carbocycles. The molecule has 0 amide bonds. The highest BCUT2D eigenvalue weighted by atomic mass is 16.2. The van der Waals surface area contributed by atoms with Gasteiger partial charge in [-0.25, -0.2) is 4.79 Å². The van der Waals surface area contributed by atoms with Gasteiger partial charge in [0.15, 0.2) is 0 Å². The molecular weight excluding hydrogens is 240 g/mol. The molecule has 0 aliphatic heterocycles. The second-order valence-electron chi connectivity index (χ2n) is 5.71. The van der Waals surface area contributed by atoms with Crippen LogP contribution in [-0.2, 0) is 13.1 Å². The summed E-state index contributed by atoms with van der Waals surface area (Å²) in [7, 11) is 0. The lowest BCUT2D eigenvalue weighted by atomic mass is 10.2. The third kappa shape index (κ3) is 3.58. The molecule has 4 nitrogen and oxygen atoms in total. The Kier molecular flexibility index (Phi) is 4.61. The fourth-order valence-corrected chi connectivity index (χ4v) is 2.39. The topological polar surface area (TPSA) is 44.0 Å². The highest BCUT2D eigenvalue weighted by Crippen LogP contribution is 2.29. The van der Waals surface area contributed by atoms with Gasteiger partial charge in [-0.3, -0.25) is 9.36 Å². The number of aryl methyl sites for hydroxylation is 2. The molecule has 0 bridgehead atoms. The molecule has 0 atom stereocenters. The van der Waals surface area contributed by atoms with E-state index >= 15 is 0 Å². The third-order valence-electron chi connectivity index (χ3n) is 3.80. The summed E-state index contributed by atoms with van der Waals surface area (Å²) in [6, 6.07) is 0. The van der Waals surface area contributed by atoms with E-state index in [1.807, 2.05) is 0 Å². The van der Waals surface area contributed by atoms with Crippen LogP contribution in [0.3, 0.4) is 0 Å². The normalized spacial score (nSPS) is 14.8. The van der Waals surface area contributed by atoms with Crippen LogP contribution >= 0.6 is 0 Å². The van der Waals surface area contributed by atoms with Crippen molar-refractivity contribution in [3.05, 3.63) is 32.6 Å². The Morgan fingerprint density at radius 1 is 1.21 bits per heavy atom. The predicted molar refractivity (Wildman–Crippen MR) is 76.6 cm³/mol. The Bertz CT molecular complexity index is 538. The zero-order valence-electron chi connectivity index (χ0n) is 12.0. The lowest BCUT2D eigenvalue weighted by Crippen LogP contribution is -2.41. The maximum atomic E-state index is 12.3. The molecule has 1 aliphatic rings. The predicted octanol–water partition coefficient (Wildman–Crippen LogP) is 2.31. The van der Waals surface area contributed by atoms with Gasteiger partial charge in [-0.2, -0.15) is 0 Å². The highest BCUT2D eigenvalue weighted by Gasteiger charge is 2.23. The van der Waals surface area contributed by atoms with Gasteiger partial charge in [-0.1, -0.05) is 26.2 Å². The summed E-state index contributed by atoms with van der Waals surface area (Å²) in [6.45, 7) is 5.30. The second-order valence-corrected chi connectivity index (χ2v) is 5.71. The minimum Gasteiger partial charge on any atom is -0.300 e. The lowest BCUT2D eigenvalue weighted by molar-refractivity contribution is 0.498. The van der Waals surface area contributed by atoms with Crippen LogP contribution in [0.15, 0.2) is 15.8 Å². The molecule has 1 aromatic rings. The first-order valence-corrected chi connectivity index (χ1v) is 7.44. The first-order chi connectivity index (χ1) is 9.13. The first-order valence-electron chi connectivity index (χ1n) is 7.44. The Balaban J connectivity index is 2.16. The lowest BCUT2D eigenvalue weighted by Gasteiger charge is -2.11. The van der Waals surface area contributed by atoms with E-state index in [2.05, 4.69) is 6.92 Å². The molecule has 106 valence electrons. The van der Waals surface area contributed by atoms with Crippen molar-refractivity contribution in [3.8, 4) is 0 Å². The SMILES string of the molecule is CCCCCCn1cc(C)c(=O)n(CC2CC2)c1=O. The van der Waals surface area contributed by atoms with E-state index in [-0.39, 0.29) is 11.2 Å². The van der Waals surface area contributed by atoms with Crippen LogP contribution in [0.2, 0.25) is 0 Å². The summed E-state index contributed by atoms with van der Waals surface area (Å²) in [5.41, 5.74) is 0.441. The van der Waals surface area contributed by atoms with Crippen LogP contribution in [0.5, 0.6) is 0 Å². The van der Waals surface area contributed by atoms with Crippen molar-refractivity contribution in [1.29, 1.82) is 0 Å². The van der Waals surface area contributed by atoms with Gasteiger partial charge in [0.2, 0.25) is 0 Å². The summed E-state index contributed by atoms with van der Waals surface area (Å²) >= 11 is 0. The fourth-order valence-electron chi connectivity index (χ4n) is 2.39. The Labute approximate surface area is 114 Å². The van der Waals surface area contributed by atoms with Crippen LogP contribution in [0.1, 0.15) is 51.0 Å². The molecule has 1 aliphatic carbocycles. The summed E-state index contributed by atoms with van der Waals surface area (Å²) in [5.74, 6) is 0.542. The molecule has 1 saturated carbocycles. The molecule has 1 fully saturated rings. The van der Waals surface area contributed by atoms with E-state index in [0.717, 1.165) is 32.2 Å². The smallest absolute Gasteiger partial charge is 0.300 e. The van der Waals surface area contributed by atoms with Crippen molar-refractivity contribution >= 4 is 0 Å². The van der Waals surface area contributed by atoms with Crippen molar-refractivity contribution < 1.29 is 0 Å². The molecule has 1 heterocycles. The van der Waals surface area contributed by atoms with Crippen LogP contribution in [-0.4, -0.2) is 9.13 Å². The summed E-state index contributed by atoms with van der Waals surface area (Å²) in [4.78, 5) is 24.3. The van der Waals surface area contributed by atoms with Crippen molar-refractivity contribution in [3.63, 3.8) is 0 Å². The van der Waals surface area contributed by atoms with Crippen molar-refractivity contribution in [2.24, 2.45) is 5.92 Å². The standard InChI is InChI=1S/C15H24N2O2/c1-3-4-5-6-9-16-10-12(2)14(18)17(15(16)19)11-13-7-8-13/h10,13H,3-9,11H2,1-2H3. The number of aromatic nitrogens is 2. The van der Waals surface area contributed by atoms with E-state index in [0.29, 0.717) is 18.0 Å². The van der Waals surface area contributed by atoms with Gasteiger partial charge in [0.1, 0.15) is 0 Å². The Morgan fingerprint density at radius 2 is 1.95 bits per heavy atom. The zero-order valence-corrected chi connectivity index (χ0v) is 12.0. The average molecular weight is 264 g/mol. The van der Waals surface area contributed by atoms with E-state index in [1.165, 1.54) is 17.4 Å². The van der Waals surface area contributed by atoms with Gasteiger partial charge in [0.25, 0.3) is 5.56 Å². The van der Waals surface area contributed by atoms with Crippen LogP contribution in [0.4, 0.5) is 0 Å². The van der Waals surface area contributed by atoms with Gasteiger partial charge in [0.05, 0.1) is 0 Å². The van der Waals surface area contributed by atoms with Crippen LogP contribution in [0.25, 0.3) is 0 Å². The quantitative estimate of drug-likeness (QED) is 0.709. The number of hydrogen-bond donors (Lipinski definition) is 0. The van der Waals surface area contributed by atoms with Gasteiger partial charge in [0, 0.05) is 24.8 Å². The molecule has 0 unspecified atom stereocenters. The summed E-state index contributed by atoms with van der Waals surface area (Å²) in [6.07, 6.45) is 8.57. The Hall–Kier alpha value is -1.32. The van der Waals surface area contributed by atoms with Crippen molar-refractivity contribution in [1.82, 2.24) is 9.13 Å². The third-order valence-corrected chi connectivity index (χ3v) is 3.80. The van der Waals surface area contributed by atoms with Gasteiger partial charge >= 0.3 is 5.69 Å². The number of hydrogen-bond acceptors (Lipinski definition) is 2. The average Bonchev–Trinajstić information content (AvgIpc) is 3.20. The van der Waals surface area contributed by atoms with Gasteiger partial charge in [-0.05, 0) is 32.1 Å². The monoisotopic (exact) mass is 264 g/mol. The number of unbranched alkanes of at least 4 members (excludes halogenated alkanes) is 3. The van der Waals surface area contributed by atoms with Crippen molar-refractivity contribution in [2.75, 3.05) is 0 Å². The maximum absolute atomic E-state index is 12.3. The van der Waals surface area contributed by atoms with E-state index < -0.39 is 0 Å². The minimum atomic E-state index is -0.126. The summed E-state index contributed by atoms with van der Waals surface area (Å²) in [5, 5.41) is 0. The van der Waals surface area contributed by atoms with E-state index in [4.69, 9.17) is 0 Å². The molecular formula is C15H24N2O2. The molecule has 0 N–H and O–H groups in total. The largest absolute Gasteiger partial charge is 0.330 e. The molecule has 19 heavy (non-hydrogen) atoms. The van der Waals surface area contributed by atoms with Crippen LogP contribution < -0.4 is 11.2 Å². The fraction of sp³-hybridized carbons (Fsp3) is 0.733. The first kappa shape index (κ1) is 14.1.